The summed E-state index contributed by atoms with van der Waals surface area (Å²) >= 11 is 0. The van der Waals surface area contributed by atoms with E-state index in [9.17, 15) is 39.6 Å². The Labute approximate surface area is 185 Å². The normalized spacial score (nSPS) is 19.6. The lowest BCUT2D eigenvalue weighted by Gasteiger charge is -2.45. The first kappa shape index (κ1) is 24.9. The SMILES string of the molecule is CC(C)([C@H]1C[C@H](NC(=O)c2cnc(C(F)(F)F)nc2)C1)S(=O)(=O)c1cccc(C(F)(F)F)c1. The van der Waals surface area contributed by atoms with Gasteiger partial charge in [-0.1, -0.05) is 6.07 Å². The van der Waals surface area contributed by atoms with Crippen LogP contribution in [0.3, 0.4) is 0 Å². The number of hydrogen-bond acceptors (Lipinski definition) is 5. The highest BCUT2D eigenvalue weighted by molar-refractivity contribution is 7.92. The van der Waals surface area contributed by atoms with Crippen molar-refractivity contribution in [3.05, 3.63) is 53.6 Å². The van der Waals surface area contributed by atoms with Crippen LogP contribution in [0.5, 0.6) is 0 Å². The Hall–Kier alpha value is -2.70. The summed E-state index contributed by atoms with van der Waals surface area (Å²) in [6.45, 7) is 2.82. The highest BCUT2D eigenvalue weighted by Gasteiger charge is 2.49. The molecule has 6 nitrogen and oxygen atoms in total. The predicted molar refractivity (Wildman–Crippen MR) is 104 cm³/mol. The molecule has 1 heterocycles. The van der Waals surface area contributed by atoms with Crippen molar-refractivity contribution in [2.24, 2.45) is 5.92 Å². The second-order valence-corrected chi connectivity index (χ2v) is 10.8. The van der Waals surface area contributed by atoms with E-state index in [1.807, 2.05) is 0 Å². The summed E-state index contributed by atoms with van der Waals surface area (Å²) < 4.78 is 101. The molecule has 1 N–H and O–H groups in total. The molecule has 33 heavy (non-hydrogen) atoms. The lowest BCUT2D eigenvalue weighted by atomic mass is 9.73. The fraction of sp³-hybridized carbons (Fsp3) is 0.450. The molecule has 0 unspecified atom stereocenters. The van der Waals surface area contributed by atoms with Crippen LogP contribution in [0.4, 0.5) is 26.3 Å². The number of alkyl halides is 6. The number of rotatable bonds is 5. The van der Waals surface area contributed by atoms with E-state index < -0.39 is 61.1 Å². The van der Waals surface area contributed by atoms with Crippen molar-refractivity contribution in [1.82, 2.24) is 15.3 Å². The molecular weight excluding hydrogens is 476 g/mol. The van der Waals surface area contributed by atoms with Crippen LogP contribution in [-0.4, -0.2) is 35.1 Å². The van der Waals surface area contributed by atoms with E-state index in [0.29, 0.717) is 6.07 Å². The molecule has 1 fully saturated rings. The molecule has 0 atom stereocenters. The first-order valence-electron chi connectivity index (χ1n) is 9.65. The molecule has 0 spiro atoms. The Morgan fingerprint density at radius 3 is 2.09 bits per heavy atom. The van der Waals surface area contributed by atoms with Crippen molar-refractivity contribution < 1.29 is 39.6 Å². The third kappa shape index (κ3) is 4.97. The number of halogens is 6. The number of nitrogens with one attached hydrogen (secondary N) is 1. The smallest absolute Gasteiger partial charge is 0.349 e. The van der Waals surface area contributed by atoms with E-state index in [4.69, 9.17) is 0 Å². The van der Waals surface area contributed by atoms with Gasteiger partial charge in [0.1, 0.15) is 0 Å². The Morgan fingerprint density at radius 2 is 1.58 bits per heavy atom. The average Bonchev–Trinajstić information content (AvgIpc) is 2.68. The van der Waals surface area contributed by atoms with E-state index in [2.05, 4.69) is 15.3 Å². The van der Waals surface area contributed by atoms with Crippen LogP contribution in [0.25, 0.3) is 0 Å². The van der Waals surface area contributed by atoms with Gasteiger partial charge in [-0.15, -0.1) is 0 Å². The van der Waals surface area contributed by atoms with Gasteiger partial charge in [0.2, 0.25) is 5.82 Å². The maximum absolute atomic E-state index is 13.1. The van der Waals surface area contributed by atoms with Gasteiger partial charge in [0.05, 0.1) is 20.8 Å². The third-order valence-electron chi connectivity index (χ3n) is 5.79. The van der Waals surface area contributed by atoms with Crippen LogP contribution in [0.2, 0.25) is 0 Å². The summed E-state index contributed by atoms with van der Waals surface area (Å²) in [5, 5.41) is 2.57. The highest BCUT2D eigenvalue weighted by Crippen LogP contribution is 2.44. The lowest BCUT2D eigenvalue weighted by Crippen LogP contribution is -2.53. The number of aromatic nitrogens is 2. The van der Waals surface area contributed by atoms with Crippen molar-refractivity contribution in [3.63, 3.8) is 0 Å². The van der Waals surface area contributed by atoms with Gasteiger partial charge in [-0.25, -0.2) is 18.4 Å². The summed E-state index contributed by atoms with van der Waals surface area (Å²) in [4.78, 5) is 18.0. The van der Waals surface area contributed by atoms with Crippen molar-refractivity contribution in [2.75, 3.05) is 0 Å². The quantitative estimate of drug-likeness (QED) is 0.626. The van der Waals surface area contributed by atoms with E-state index in [0.717, 1.165) is 30.6 Å². The minimum Gasteiger partial charge on any atom is -0.349 e. The topological polar surface area (TPSA) is 89.0 Å². The van der Waals surface area contributed by atoms with E-state index in [1.165, 1.54) is 13.8 Å². The maximum Gasteiger partial charge on any atom is 0.451 e. The fourth-order valence-electron chi connectivity index (χ4n) is 3.53. The number of nitrogens with zero attached hydrogens (tertiary/aromatic N) is 2. The maximum atomic E-state index is 13.1. The van der Waals surface area contributed by atoms with Crippen molar-refractivity contribution in [1.29, 1.82) is 0 Å². The lowest BCUT2D eigenvalue weighted by molar-refractivity contribution is -0.145. The molecular formula is C20H19F6N3O3S. The van der Waals surface area contributed by atoms with E-state index in [-0.39, 0.29) is 18.4 Å². The number of carbonyl (C=O) groups excluding carboxylic acids is 1. The van der Waals surface area contributed by atoms with Crippen molar-refractivity contribution in [2.45, 2.75) is 54.7 Å². The van der Waals surface area contributed by atoms with Crippen molar-refractivity contribution in [3.8, 4) is 0 Å². The standard InChI is InChI=1S/C20H19F6N3O3S/c1-18(2,33(31,32)15-5-3-4-12(8-15)19(21,22)23)13-6-14(7-13)29-16(30)11-9-27-17(28-10-11)20(24,25)26/h3-5,8-10,13-14H,6-7H2,1-2H3,(H,29,30)/t13-,14-. The molecule has 0 radical (unpaired) electrons. The number of amides is 1. The number of hydrogen-bond donors (Lipinski definition) is 1. The average molecular weight is 495 g/mol. The molecule has 1 saturated carbocycles. The molecule has 1 amide bonds. The summed E-state index contributed by atoms with van der Waals surface area (Å²) in [6, 6.07) is 3.06. The van der Waals surface area contributed by atoms with Crippen LogP contribution in [-0.2, 0) is 22.2 Å². The van der Waals surface area contributed by atoms with Crippen molar-refractivity contribution >= 4 is 15.7 Å². The second kappa shape index (κ2) is 8.26. The van der Waals surface area contributed by atoms with Gasteiger partial charge in [0, 0.05) is 18.4 Å². The zero-order valence-corrected chi connectivity index (χ0v) is 18.1. The largest absolute Gasteiger partial charge is 0.451 e. The van der Waals surface area contributed by atoms with Crippen LogP contribution < -0.4 is 5.32 Å². The molecule has 1 aromatic heterocycles. The van der Waals surface area contributed by atoms with Crippen LogP contribution in [0.15, 0.2) is 41.6 Å². The fourth-order valence-corrected chi connectivity index (χ4v) is 5.31. The van der Waals surface area contributed by atoms with Crippen LogP contribution in [0, 0.1) is 5.92 Å². The van der Waals surface area contributed by atoms with Gasteiger partial charge in [0.15, 0.2) is 9.84 Å². The van der Waals surface area contributed by atoms with Crippen LogP contribution >= 0.6 is 0 Å². The number of benzene rings is 1. The molecule has 1 aliphatic rings. The summed E-state index contributed by atoms with van der Waals surface area (Å²) in [6.07, 6.45) is -7.51. The van der Waals surface area contributed by atoms with E-state index >= 15 is 0 Å². The molecule has 0 aliphatic heterocycles. The second-order valence-electron chi connectivity index (χ2n) is 8.26. The number of sulfone groups is 1. The minimum atomic E-state index is -4.74. The first-order valence-corrected chi connectivity index (χ1v) is 11.1. The van der Waals surface area contributed by atoms with E-state index in [1.54, 1.807) is 0 Å². The van der Waals surface area contributed by atoms with Gasteiger partial charge in [-0.05, 0) is 50.8 Å². The minimum absolute atomic E-state index is 0.192. The van der Waals surface area contributed by atoms with Crippen LogP contribution in [0.1, 0.15) is 48.4 Å². The molecule has 3 rings (SSSR count). The zero-order chi connectivity index (χ0) is 24.8. The van der Waals surface area contributed by atoms with Gasteiger partial charge in [-0.2, -0.15) is 26.3 Å². The summed E-state index contributed by atoms with van der Waals surface area (Å²) in [5.74, 6) is -2.57. The summed E-state index contributed by atoms with van der Waals surface area (Å²) in [7, 11) is -4.14. The number of carbonyl (C=O) groups is 1. The van der Waals surface area contributed by atoms with Gasteiger partial charge in [0.25, 0.3) is 5.91 Å². The van der Waals surface area contributed by atoms with Gasteiger partial charge in [-0.3, -0.25) is 4.79 Å². The molecule has 1 aromatic carbocycles. The zero-order valence-electron chi connectivity index (χ0n) is 17.3. The highest BCUT2D eigenvalue weighted by atomic mass is 32.2. The first-order chi connectivity index (χ1) is 15.0. The molecule has 180 valence electrons. The molecule has 2 aromatic rings. The molecule has 13 heteroatoms. The Kier molecular flexibility index (Phi) is 6.24. The molecule has 0 saturated heterocycles. The third-order valence-corrected chi connectivity index (χ3v) is 8.38. The van der Waals surface area contributed by atoms with Gasteiger partial charge >= 0.3 is 12.4 Å². The monoisotopic (exact) mass is 495 g/mol. The Balaban J connectivity index is 1.66. The molecule has 0 bridgehead atoms. The predicted octanol–water partition coefficient (Wildman–Crippen LogP) is 4.28. The van der Waals surface area contributed by atoms with Gasteiger partial charge < -0.3 is 5.32 Å². The Morgan fingerprint density at radius 1 is 1.00 bits per heavy atom. The summed E-state index contributed by atoms with van der Waals surface area (Å²) in [5.41, 5.74) is -1.26. The molecule has 1 aliphatic carbocycles. The Bertz CT molecular complexity index is 1140.